The van der Waals surface area contributed by atoms with Crippen molar-refractivity contribution in [1.29, 1.82) is 0 Å². The summed E-state index contributed by atoms with van der Waals surface area (Å²) in [4.78, 5) is 27.1. The lowest BCUT2D eigenvalue weighted by molar-refractivity contribution is -0.140. The van der Waals surface area contributed by atoms with Crippen molar-refractivity contribution in [2.45, 2.75) is 52.2 Å². The van der Waals surface area contributed by atoms with Gasteiger partial charge in [-0.2, -0.15) is 0 Å². The minimum atomic E-state index is -3.61. The Balaban J connectivity index is 2.18. The summed E-state index contributed by atoms with van der Waals surface area (Å²) in [6.07, 6.45) is 1.25. The van der Waals surface area contributed by atoms with Crippen LogP contribution in [0.2, 0.25) is 5.02 Å². The van der Waals surface area contributed by atoms with Crippen LogP contribution < -0.4 is 9.62 Å². The van der Waals surface area contributed by atoms with Crippen LogP contribution in [0.3, 0.4) is 0 Å². The van der Waals surface area contributed by atoms with Crippen molar-refractivity contribution in [2.24, 2.45) is 0 Å². The lowest BCUT2D eigenvalue weighted by atomic mass is 10.1. The first-order valence-electron chi connectivity index (χ1n) is 11.0. The molecular weight excluding hydrogens is 481 g/mol. The molecular formula is C24H31ClFN3O4S. The average Bonchev–Trinajstić information content (AvgIpc) is 2.74. The van der Waals surface area contributed by atoms with E-state index in [2.05, 4.69) is 5.32 Å². The van der Waals surface area contributed by atoms with Crippen molar-refractivity contribution < 1.29 is 22.4 Å². The smallest absolute Gasteiger partial charge is 0.242 e. The van der Waals surface area contributed by atoms with Crippen molar-refractivity contribution >= 4 is 39.1 Å². The molecule has 10 heteroatoms. The monoisotopic (exact) mass is 511 g/mol. The molecule has 0 bridgehead atoms. The number of nitrogens with zero attached hydrogens (tertiary/aromatic N) is 2. The Bertz CT molecular complexity index is 1110. The Hall–Kier alpha value is -2.65. The second-order valence-electron chi connectivity index (χ2n) is 8.37. The Morgan fingerprint density at radius 2 is 1.76 bits per heavy atom. The quantitative estimate of drug-likeness (QED) is 0.494. The Morgan fingerprint density at radius 1 is 1.09 bits per heavy atom. The molecule has 0 unspecified atom stereocenters. The lowest BCUT2D eigenvalue weighted by Gasteiger charge is -2.30. The van der Waals surface area contributed by atoms with Crippen LogP contribution in [-0.2, 0) is 26.2 Å². The van der Waals surface area contributed by atoms with E-state index in [1.807, 2.05) is 13.8 Å². The zero-order valence-electron chi connectivity index (χ0n) is 19.8. The van der Waals surface area contributed by atoms with Gasteiger partial charge in [-0.1, -0.05) is 35.9 Å². The molecule has 0 fully saturated rings. The summed E-state index contributed by atoms with van der Waals surface area (Å²) >= 11 is 6.00. The van der Waals surface area contributed by atoms with Crippen LogP contribution in [-0.4, -0.2) is 50.0 Å². The molecule has 7 nitrogen and oxygen atoms in total. The maximum Gasteiger partial charge on any atom is 0.242 e. The molecule has 1 N–H and O–H groups in total. The molecule has 2 amide bonds. The molecule has 2 aromatic carbocycles. The highest BCUT2D eigenvalue weighted by atomic mass is 35.5. The Morgan fingerprint density at radius 3 is 2.35 bits per heavy atom. The van der Waals surface area contributed by atoms with E-state index in [1.165, 1.54) is 21.3 Å². The first-order chi connectivity index (χ1) is 15.9. The second-order valence-corrected chi connectivity index (χ2v) is 10.7. The predicted octanol–water partition coefficient (Wildman–Crippen LogP) is 3.97. The van der Waals surface area contributed by atoms with Crippen molar-refractivity contribution in [1.82, 2.24) is 10.2 Å². The van der Waals surface area contributed by atoms with Crippen LogP contribution in [0.15, 0.2) is 48.5 Å². The number of amides is 2. The molecule has 186 valence electrons. The van der Waals surface area contributed by atoms with E-state index in [-0.39, 0.29) is 49.4 Å². The van der Waals surface area contributed by atoms with Crippen LogP contribution in [0, 0.1) is 5.82 Å². The van der Waals surface area contributed by atoms with E-state index in [9.17, 15) is 22.4 Å². The molecule has 0 saturated heterocycles. The van der Waals surface area contributed by atoms with Gasteiger partial charge in [0.1, 0.15) is 11.9 Å². The molecule has 0 aromatic heterocycles. The van der Waals surface area contributed by atoms with Crippen LogP contribution in [0.25, 0.3) is 0 Å². The van der Waals surface area contributed by atoms with Crippen LogP contribution in [0.4, 0.5) is 10.1 Å². The maximum atomic E-state index is 14.3. The van der Waals surface area contributed by atoms with Crippen LogP contribution >= 0.6 is 11.6 Å². The number of carbonyl (C=O) groups excluding carboxylic acids is 2. The zero-order valence-corrected chi connectivity index (χ0v) is 21.4. The molecule has 0 aliphatic heterocycles. The van der Waals surface area contributed by atoms with E-state index in [1.54, 1.807) is 43.3 Å². The molecule has 2 rings (SSSR count). The van der Waals surface area contributed by atoms with Crippen LogP contribution in [0.1, 0.15) is 39.2 Å². The van der Waals surface area contributed by atoms with Gasteiger partial charge in [-0.3, -0.25) is 13.9 Å². The molecule has 0 radical (unpaired) electrons. The summed E-state index contributed by atoms with van der Waals surface area (Å²) in [5.41, 5.74) is 0.687. The van der Waals surface area contributed by atoms with Gasteiger partial charge >= 0.3 is 0 Å². The van der Waals surface area contributed by atoms with E-state index < -0.39 is 21.9 Å². The molecule has 0 spiro atoms. The molecule has 34 heavy (non-hydrogen) atoms. The topological polar surface area (TPSA) is 86.8 Å². The number of hydrogen-bond donors (Lipinski definition) is 1. The number of benzene rings is 2. The van der Waals surface area contributed by atoms with Gasteiger partial charge in [0.2, 0.25) is 21.8 Å². The highest BCUT2D eigenvalue weighted by Gasteiger charge is 2.27. The fourth-order valence-corrected chi connectivity index (χ4v) is 4.57. The van der Waals surface area contributed by atoms with Gasteiger partial charge in [0.25, 0.3) is 0 Å². The van der Waals surface area contributed by atoms with Gasteiger partial charge in [0.15, 0.2) is 0 Å². The van der Waals surface area contributed by atoms with Gasteiger partial charge in [0.05, 0.1) is 11.9 Å². The number of sulfonamides is 1. The van der Waals surface area contributed by atoms with Gasteiger partial charge in [-0.25, -0.2) is 12.8 Å². The van der Waals surface area contributed by atoms with Gasteiger partial charge in [0, 0.05) is 36.1 Å². The largest absolute Gasteiger partial charge is 0.352 e. The molecule has 1 atom stereocenters. The summed E-state index contributed by atoms with van der Waals surface area (Å²) in [6.45, 7) is 5.17. The third-order valence-electron chi connectivity index (χ3n) is 5.15. The highest BCUT2D eigenvalue weighted by molar-refractivity contribution is 7.92. The number of carbonyl (C=O) groups is 2. The summed E-state index contributed by atoms with van der Waals surface area (Å²) in [5.74, 6) is -1.20. The average molecular weight is 512 g/mol. The fraction of sp³-hybridized carbons (Fsp3) is 0.417. The van der Waals surface area contributed by atoms with Crippen molar-refractivity contribution in [3.8, 4) is 0 Å². The van der Waals surface area contributed by atoms with Crippen molar-refractivity contribution in [2.75, 3.05) is 17.1 Å². The minimum absolute atomic E-state index is 0.0274. The Labute approximate surface area is 205 Å². The molecule has 0 aliphatic carbocycles. The molecule has 0 heterocycles. The fourth-order valence-electron chi connectivity index (χ4n) is 3.43. The SMILES string of the molecule is CC(C)NC(=O)[C@H](C)N(Cc1ccccc1F)C(=O)CCCN(c1cccc(Cl)c1)S(C)(=O)=O. The normalized spacial score (nSPS) is 12.3. The standard InChI is InChI=1S/C24H31ClFN3O4S/c1-17(2)27-24(31)18(3)28(16-19-9-5-6-12-22(19)26)23(30)13-8-14-29(34(4,32)33)21-11-7-10-20(25)15-21/h5-7,9-12,15,17-18H,8,13-14,16H2,1-4H3,(H,27,31)/t18-/m0/s1. The van der Waals surface area contributed by atoms with Crippen LogP contribution in [0.5, 0.6) is 0 Å². The number of anilines is 1. The number of hydrogen-bond acceptors (Lipinski definition) is 4. The van der Waals surface area contributed by atoms with Crippen molar-refractivity contribution in [3.05, 3.63) is 64.9 Å². The second kappa shape index (κ2) is 12.2. The molecule has 0 aliphatic rings. The number of rotatable bonds is 11. The Kier molecular flexibility index (Phi) is 9.88. The molecule has 0 saturated carbocycles. The summed E-state index contributed by atoms with van der Waals surface area (Å²) in [6, 6.07) is 11.6. The summed E-state index contributed by atoms with van der Waals surface area (Å²) < 4.78 is 40.1. The van der Waals surface area contributed by atoms with Crippen molar-refractivity contribution in [3.63, 3.8) is 0 Å². The van der Waals surface area contributed by atoms with Gasteiger partial charge in [-0.15, -0.1) is 0 Å². The highest BCUT2D eigenvalue weighted by Crippen LogP contribution is 2.23. The first kappa shape index (κ1) is 27.6. The third kappa shape index (κ3) is 7.99. The lowest BCUT2D eigenvalue weighted by Crippen LogP contribution is -2.49. The summed E-state index contributed by atoms with van der Waals surface area (Å²) in [7, 11) is -3.61. The van der Waals surface area contributed by atoms with E-state index >= 15 is 0 Å². The van der Waals surface area contributed by atoms with Gasteiger partial charge < -0.3 is 10.2 Å². The summed E-state index contributed by atoms with van der Waals surface area (Å²) in [5, 5.41) is 3.16. The maximum absolute atomic E-state index is 14.3. The van der Waals surface area contributed by atoms with E-state index in [4.69, 9.17) is 11.6 Å². The third-order valence-corrected chi connectivity index (χ3v) is 6.57. The zero-order chi connectivity index (χ0) is 25.5. The minimum Gasteiger partial charge on any atom is -0.352 e. The number of nitrogens with one attached hydrogen (secondary N) is 1. The number of halogens is 2. The predicted molar refractivity (Wildman–Crippen MR) is 133 cm³/mol. The van der Waals surface area contributed by atoms with E-state index in [0.717, 1.165) is 6.26 Å². The van der Waals surface area contributed by atoms with Gasteiger partial charge in [-0.05, 0) is 51.5 Å². The molecule has 2 aromatic rings. The first-order valence-corrected chi connectivity index (χ1v) is 13.2. The van der Waals surface area contributed by atoms with E-state index in [0.29, 0.717) is 10.7 Å².